The van der Waals surface area contributed by atoms with Crippen LogP contribution in [-0.4, -0.2) is 30.1 Å². The highest BCUT2D eigenvalue weighted by molar-refractivity contribution is 5.93. The molecular formula is C34H42N2O4. The molecule has 0 heterocycles. The summed E-state index contributed by atoms with van der Waals surface area (Å²) in [5.74, 6) is 2.44. The van der Waals surface area contributed by atoms with E-state index in [0.29, 0.717) is 30.6 Å². The summed E-state index contributed by atoms with van der Waals surface area (Å²) < 4.78 is 5.06. The molecule has 4 atom stereocenters. The molecule has 2 amide bonds. The van der Waals surface area contributed by atoms with E-state index < -0.39 is 0 Å². The van der Waals surface area contributed by atoms with Crippen LogP contribution in [0.2, 0.25) is 0 Å². The van der Waals surface area contributed by atoms with Crippen molar-refractivity contribution in [3.05, 3.63) is 82.5 Å². The second-order valence-electron chi connectivity index (χ2n) is 12.0. The standard InChI is InChI=1S/C18H24O2.C16H18N2O2/c1-18-9-8-14-13-5-3-12(19)10-11(13)2-4-15(14)16(18)6-7-17(18)20;1-12-3-5-13(6-4-12)11-17-16(19)18-14-7-9-15(20-2)10-8-14/h10,15-17,20H,2-9H2,1H3;3-10H,11H2,1-2H3,(H2,17,18,19). The Morgan fingerprint density at radius 2 is 1.75 bits per heavy atom. The molecule has 2 aromatic rings. The smallest absolute Gasteiger partial charge is 0.319 e. The first-order valence-electron chi connectivity index (χ1n) is 14.6. The van der Waals surface area contributed by atoms with Crippen LogP contribution in [0.5, 0.6) is 5.75 Å². The lowest BCUT2D eigenvalue weighted by atomic mass is 9.57. The van der Waals surface area contributed by atoms with Gasteiger partial charge in [-0.15, -0.1) is 0 Å². The molecule has 0 aliphatic heterocycles. The first-order chi connectivity index (χ1) is 19.3. The summed E-state index contributed by atoms with van der Waals surface area (Å²) in [6.07, 6.45) is 10.2. The number of methoxy groups -OCH3 is 1. The topological polar surface area (TPSA) is 87.7 Å². The molecule has 4 unspecified atom stereocenters. The lowest BCUT2D eigenvalue weighted by Gasteiger charge is -2.48. The molecular weight excluding hydrogens is 500 g/mol. The molecule has 6 nitrogen and oxygen atoms in total. The van der Waals surface area contributed by atoms with Gasteiger partial charge in [-0.2, -0.15) is 0 Å². The number of aliphatic hydroxyl groups excluding tert-OH is 1. The average Bonchev–Trinajstić information content (AvgIpc) is 3.27. The van der Waals surface area contributed by atoms with Crippen LogP contribution in [-0.2, 0) is 11.3 Å². The van der Waals surface area contributed by atoms with E-state index in [4.69, 9.17) is 4.74 Å². The van der Waals surface area contributed by atoms with Crippen molar-refractivity contribution in [2.75, 3.05) is 12.4 Å². The van der Waals surface area contributed by atoms with E-state index in [1.165, 1.54) is 29.6 Å². The van der Waals surface area contributed by atoms with Gasteiger partial charge in [0, 0.05) is 18.7 Å². The lowest BCUT2D eigenvalue weighted by Crippen LogP contribution is -2.42. The van der Waals surface area contributed by atoms with E-state index in [1.807, 2.05) is 37.3 Å². The predicted octanol–water partition coefficient (Wildman–Crippen LogP) is 6.88. The van der Waals surface area contributed by atoms with E-state index in [0.717, 1.165) is 49.1 Å². The van der Waals surface area contributed by atoms with Crippen LogP contribution in [0, 0.1) is 24.2 Å². The number of allylic oxidation sites excluding steroid dienone is 4. The number of hydrogen-bond acceptors (Lipinski definition) is 4. The number of ketones is 1. The Labute approximate surface area is 237 Å². The van der Waals surface area contributed by atoms with Crippen molar-refractivity contribution in [2.24, 2.45) is 17.3 Å². The molecule has 212 valence electrons. The number of fused-ring (bicyclic) bond motifs is 4. The van der Waals surface area contributed by atoms with Crippen molar-refractivity contribution in [3.63, 3.8) is 0 Å². The summed E-state index contributed by atoms with van der Waals surface area (Å²) in [7, 11) is 1.61. The second-order valence-corrected chi connectivity index (χ2v) is 12.0. The molecule has 4 aliphatic rings. The van der Waals surface area contributed by atoms with Gasteiger partial charge in [0.25, 0.3) is 0 Å². The average molecular weight is 543 g/mol. The molecule has 40 heavy (non-hydrogen) atoms. The maximum atomic E-state index is 11.8. The quantitative estimate of drug-likeness (QED) is 0.393. The number of rotatable bonds is 4. The van der Waals surface area contributed by atoms with Crippen LogP contribution in [0.15, 0.2) is 71.3 Å². The number of amides is 2. The summed E-state index contributed by atoms with van der Waals surface area (Å²) in [5, 5.41) is 16.0. The maximum absolute atomic E-state index is 11.8. The van der Waals surface area contributed by atoms with Gasteiger partial charge in [0.2, 0.25) is 0 Å². The summed E-state index contributed by atoms with van der Waals surface area (Å²) in [6.45, 7) is 4.85. The Bertz CT molecular complexity index is 1290. The summed E-state index contributed by atoms with van der Waals surface area (Å²) in [5.41, 5.74) is 7.69. The number of carbonyl (C=O) groups excluding carboxylic acids is 2. The molecule has 3 N–H and O–H groups in total. The number of urea groups is 1. The minimum absolute atomic E-state index is 0.0936. The zero-order chi connectivity index (χ0) is 28.3. The Hall–Kier alpha value is -3.38. The summed E-state index contributed by atoms with van der Waals surface area (Å²) >= 11 is 0. The van der Waals surface area contributed by atoms with E-state index >= 15 is 0 Å². The van der Waals surface area contributed by atoms with Crippen LogP contribution in [0.4, 0.5) is 10.5 Å². The van der Waals surface area contributed by atoms with Crippen molar-refractivity contribution >= 4 is 17.5 Å². The summed E-state index contributed by atoms with van der Waals surface area (Å²) in [4.78, 5) is 23.4. The molecule has 2 aromatic carbocycles. The number of anilines is 1. The molecule has 2 fully saturated rings. The van der Waals surface area contributed by atoms with Crippen molar-refractivity contribution in [1.29, 1.82) is 0 Å². The molecule has 2 saturated carbocycles. The third kappa shape index (κ3) is 6.02. The zero-order valence-electron chi connectivity index (χ0n) is 24.0. The van der Waals surface area contributed by atoms with Crippen LogP contribution in [0.25, 0.3) is 0 Å². The van der Waals surface area contributed by atoms with Gasteiger partial charge in [-0.3, -0.25) is 4.79 Å². The number of ether oxygens (including phenoxy) is 1. The SMILES string of the molecule is CC12CCC3=C4CCC(=O)C=C4CCC3C1CCC2O.COc1ccc(NC(=O)NCc2ccc(C)cc2)cc1. The van der Waals surface area contributed by atoms with Crippen LogP contribution >= 0.6 is 0 Å². The lowest BCUT2D eigenvalue weighted by molar-refractivity contribution is -0.114. The first-order valence-corrected chi connectivity index (χ1v) is 14.6. The predicted molar refractivity (Wildman–Crippen MR) is 158 cm³/mol. The molecule has 0 bridgehead atoms. The van der Waals surface area contributed by atoms with Crippen molar-refractivity contribution < 1.29 is 19.4 Å². The van der Waals surface area contributed by atoms with Gasteiger partial charge in [0.05, 0.1) is 13.2 Å². The molecule has 0 saturated heterocycles. The highest BCUT2D eigenvalue weighted by atomic mass is 16.5. The molecule has 0 radical (unpaired) electrons. The third-order valence-corrected chi connectivity index (χ3v) is 9.60. The van der Waals surface area contributed by atoms with Crippen molar-refractivity contribution in [2.45, 2.75) is 77.9 Å². The maximum Gasteiger partial charge on any atom is 0.319 e. The van der Waals surface area contributed by atoms with Gasteiger partial charge < -0.3 is 20.5 Å². The van der Waals surface area contributed by atoms with E-state index in [2.05, 4.69) is 17.6 Å². The molecule has 6 rings (SSSR count). The number of aliphatic hydroxyl groups is 1. The van der Waals surface area contributed by atoms with Gasteiger partial charge >= 0.3 is 6.03 Å². The minimum atomic E-state index is -0.226. The Kier molecular flexibility index (Phi) is 8.46. The van der Waals surface area contributed by atoms with Crippen LogP contribution < -0.4 is 15.4 Å². The summed E-state index contributed by atoms with van der Waals surface area (Å²) in [6, 6.07) is 15.0. The number of hydrogen-bond donors (Lipinski definition) is 3. The second kappa shape index (κ2) is 12.0. The van der Waals surface area contributed by atoms with E-state index in [-0.39, 0.29) is 17.6 Å². The highest BCUT2D eigenvalue weighted by Crippen LogP contribution is 2.59. The number of benzene rings is 2. The Morgan fingerprint density at radius 1 is 1.00 bits per heavy atom. The third-order valence-electron chi connectivity index (χ3n) is 9.60. The molecule has 4 aliphatic carbocycles. The first kappa shape index (κ1) is 28.2. The van der Waals surface area contributed by atoms with Gasteiger partial charge in [-0.25, -0.2) is 4.79 Å². The number of carbonyl (C=O) groups is 2. The fraction of sp³-hybridized carbons (Fsp3) is 0.471. The van der Waals surface area contributed by atoms with E-state index in [9.17, 15) is 14.7 Å². The van der Waals surface area contributed by atoms with Gasteiger partial charge in [0.1, 0.15) is 5.75 Å². The van der Waals surface area contributed by atoms with Crippen molar-refractivity contribution in [1.82, 2.24) is 5.32 Å². The number of nitrogens with one attached hydrogen (secondary N) is 2. The minimum Gasteiger partial charge on any atom is -0.497 e. The molecule has 0 spiro atoms. The fourth-order valence-electron chi connectivity index (χ4n) is 7.24. The van der Waals surface area contributed by atoms with Gasteiger partial charge in [0.15, 0.2) is 5.78 Å². The monoisotopic (exact) mass is 542 g/mol. The fourth-order valence-corrected chi connectivity index (χ4v) is 7.24. The Balaban J connectivity index is 0.000000161. The van der Waals surface area contributed by atoms with Gasteiger partial charge in [-0.1, -0.05) is 42.3 Å². The normalized spacial score (nSPS) is 26.9. The number of aryl methyl sites for hydroxylation is 1. The van der Waals surface area contributed by atoms with Crippen molar-refractivity contribution in [3.8, 4) is 5.75 Å². The Morgan fingerprint density at radius 3 is 2.48 bits per heavy atom. The molecule has 0 aromatic heterocycles. The zero-order valence-corrected chi connectivity index (χ0v) is 24.0. The largest absolute Gasteiger partial charge is 0.497 e. The van der Waals surface area contributed by atoms with E-state index in [1.54, 1.807) is 36.9 Å². The van der Waals surface area contributed by atoms with Gasteiger partial charge in [-0.05, 0) is 116 Å². The van der Waals surface area contributed by atoms with Crippen LogP contribution in [0.1, 0.15) is 69.4 Å². The van der Waals surface area contributed by atoms with Crippen LogP contribution in [0.3, 0.4) is 0 Å². The highest BCUT2D eigenvalue weighted by Gasteiger charge is 2.53. The molecule has 6 heteroatoms.